The largest absolute Gasteiger partial charge is 0.374 e. The highest BCUT2D eigenvalue weighted by molar-refractivity contribution is 6.33. The van der Waals surface area contributed by atoms with Crippen molar-refractivity contribution in [2.75, 3.05) is 26.2 Å². The summed E-state index contributed by atoms with van der Waals surface area (Å²) in [6.07, 6.45) is -0.0738. The number of benzene rings is 2. The molecule has 1 amide bonds. The van der Waals surface area contributed by atoms with E-state index in [-0.39, 0.29) is 12.0 Å². The highest BCUT2D eigenvalue weighted by atomic mass is 35.5. The average Bonchev–Trinajstić information content (AvgIpc) is 3.14. The van der Waals surface area contributed by atoms with Gasteiger partial charge in [0.15, 0.2) is 0 Å². The van der Waals surface area contributed by atoms with Crippen LogP contribution in [0.25, 0.3) is 11.3 Å². The molecule has 0 aliphatic carbocycles. The van der Waals surface area contributed by atoms with Crippen molar-refractivity contribution in [2.24, 2.45) is 0 Å². The summed E-state index contributed by atoms with van der Waals surface area (Å²) in [5.74, 6) is 0.213. The van der Waals surface area contributed by atoms with Gasteiger partial charge in [-0.2, -0.15) is 0 Å². The zero-order chi connectivity index (χ0) is 20.9. The Balaban J connectivity index is 1.39. The third-order valence-electron chi connectivity index (χ3n) is 5.18. The highest BCUT2D eigenvalue weighted by Gasteiger charge is 2.25. The molecule has 0 bridgehead atoms. The molecule has 2 aromatic carbocycles. The van der Waals surface area contributed by atoms with Crippen LogP contribution in [0.3, 0.4) is 0 Å². The fraction of sp³-hybridized carbons (Fsp3) is 0.304. The summed E-state index contributed by atoms with van der Waals surface area (Å²) >= 11 is 6.29. The van der Waals surface area contributed by atoms with E-state index in [1.807, 2.05) is 36.4 Å². The van der Waals surface area contributed by atoms with Crippen LogP contribution in [-0.4, -0.2) is 48.3 Å². The lowest BCUT2D eigenvalue weighted by molar-refractivity contribution is -0.0292. The maximum absolute atomic E-state index is 12.9. The highest BCUT2D eigenvalue weighted by Crippen LogP contribution is 2.30. The molecular weight excluding hydrogens is 402 g/mol. The number of hydrogen-bond acceptors (Lipinski definition) is 5. The van der Waals surface area contributed by atoms with E-state index in [2.05, 4.69) is 27.5 Å². The maximum Gasteiger partial charge on any atom is 0.257 e. The van der Waals surface area contributed by atoms with Gasteiger partial charge in [0.05, 0.1) is 17.7 Å². The number of halogens is 1. The Labute approximate surface area is 180 Å². The van der Waals surface area contributed by atoms with Gasteiger partial charge in [0.1, 0.15) is 17.0 Å². The smallest absolute Gasteiger partial charge is 0.257 e. The van der Waals surface area contributed by atoms with Gasteiger partial charge in [-0.25, -0.2) is 0 Å². The number of carbonyl (C=O) groups excluding carboxylic acids is 1. The lowest BCUT2D eigenvalue weighted by Gasteiger charge is -2.33. The van der Waals surface area contributed by atoms with Crippen molar-refractivity contribution in [3.05, 3.63) is 76.5 Å². The van der Waals surface area contributed by atoms with Gasteiger partial charge in [-0.3, -0.25) is 9.69 Å². The predicted molar refractivity (Wildman–Crippen MR) is 115 cm³/mol. The third-order valence-corrected chi connectivity index (χ3v) is 5.51. The van der Waals surface area contributed by atoms with Crippen LogP contribution in [-0.2, 0) is 11.3 Å². The summed E-state index contributed by atoms with van der Waals surface area (Å²) in [4.78, 5) is 15.3. The van der Waals surface area contributed by atoms with Gasteiger partial charge in [-0.05, 0) is 18.6 Å². The van der Waals surface area contributed by atoms with E-state index < -0.39 is 0 Å². The lowest BCUT2D eigenvalue weighted by atomic mass is 10.1. The van der Waals surface area contributed by atoms with Gasteiger partial charge in [0.2, 0.25) is 0 Å². The number of ether oxygens (including phenoxy) is 1. The molecule has 1 saturated heterocycles. The monoisotopic (exact) mass is 425 g/mol. The van der Waals surface area contributed by atoms with Crippen molar-refractivity contribution in [3.8, 4) is 11.3 Å². The van der Waals surface area contributed by atoms with Crippen molar-refractivity contribution < 1.29 is 14.1 Å². The normalized spacial score (nSPS) is 17.1. The van der Waals surface area contributed by atoms with Crippen LogP contribution in [0.2, 0.25) is 5.02 Å². The van der Waals surface area contributed by atoms with E-state index in [1.165, 1.54) is 5.56 Å². The van der Waals surface area contributed by atoms with Crippen molar-refractivity contribution >= 4 is 17.5 Å². The SMILES string of the molecule is Cc1onc(-c2ccccc2Cl)c1C(=O)NC[C@@H]1CN(Cc2ccccc2)CCO1. The molecular formula is C23H24ClN3O3. The van der Waals surface area contributed by atoms with Crippen LogP contribution in [0.15, 0.2) is 59.1 Å². The predicted octanol–water partition coefficient (Wildman–Crippen LogP) is 3.93. The molecule has 1 N–H and O–H groups in total. The van der Waals surface area contributed by atoms with E-state index in [4.69, 9.17) is 20.9 Å². The quantitative estimate of drug-likeness (QED) is 0.648. The van der Waals surface area contributed by atoms with Crippen LogP contribution in [0.1, 0.15) is 21.7 Å². The Morgan fingerprint density at radius 3 is 2.77 bits per heavy atom. The second-order valence-electron chi connectivity index (χ2n) is 7.37. The Bertz CT molecular complexity index is 1010. The molecule has 1 aliphatic heterocycles. The molecule has 6 nitrogen and oxygen atoms in total. The number of rotatable bonds is 6. The van der Waals surface area contributed by atoms with Crippen LogP contribution >= 0.6 is 11.6 Å². The molecule has 4 rings (SSSR count). The van der Waals surface area contributed by atoms with Gasteiger partial charge in [-0.15, -0.1) is 0 Å². The minimum Gasteiger partial charge on any atom is -0.374 e. The molecule has 1 atom stereocenters. The number of nitrogens with zero attached hydrogens (tertiary/aromatic N) is 2. The number of amides is 1. The first-order chi connectivity index (χ1) is 14.6. The minimum atomic E-state index is -0.243. The molecule has 7 heteroatoms. The average molecular weight is 426 g/mol. The number of carbonyl (C=O) groups is 1. The molecule has 156 valence electrons. The molecule has 0 saturated carbocycles. The Morgan fingerprint density at radius 2 is 1.97 bits per heavy atom. The molecule has 1 fully saturated rings. The fourth-order valence-corrected chi connectivity index (χ4v) is 3.89. The number of aromatic nitrogens is 1. The van der Waals surface area contributed by atoms with Gasteiger partial charge < -0.3 is 14.6 Å². The van der Waals surface area contributed by atoms with E-state index >= 15 is 0 Å². The second-order valence-corrected chi connectivity index (χ2v) is 7.77. The summed E-state index contributed by atoms with van der Waals surface area (Å²) in [7, 11) is 0. The van der Waals surface area contributed by atoms with Gasteiger partial charge >= 0.3 is 0 Å². The van der Waals surface area contributed by atoms with E-state index in [0.29, 0.717) is 40.8 Å². The maximum atomic E-state index is 12.9. The van der Waals surface area contributed by atoms with Crippen LogP contribution < -0.4 is 5.32 Å². The lowest BCUT2D eigenvalue weighted by Crippen LogP contribution is -2.47. The van der Waals surface area contributed by atoms with E-state index in [9.17, 15) is 4.79 Å². The minimum absolute atomic E-state index is 0.0738. The van der Waals surface area contributed by atoms with Gasteiger partial charge in [0.25, 0.3) is 5.91 Å². The first-order valence-corrected chi connectivity index (χ1v) is 10.4. The number of nitrogens with one attached hydrogen (secondary N) is 1. The summed E-state index contributed by atoms with van der Waals surface area (Å²) in [6, 6.07) is 17.6. The zero-order valence-corrected chi connectivity index (χ0v) is 17.6. The molecule has 2 heterocycles. The zero-order valence-electron chi connectivity index (χ0n) is 16.8. The molecule has 3 aromatic rings. The van der Waals surface area contributed by atoms with Crippen LogP contribution in [0.5, 0.6) is 0 Å². The summed E-state index contributed by atoms with van der Waals surface area (Å²) in [5.41, 5.74) is 2.79. The molecule has 0 unspecified atom stereocenters. The Kier molecular flexibility index (Phi) is 6.47. The van der Waals surface area contributed by atoms with Gasteiger partial charge in [0, 0.05) is 31.7 Å². The first-order valence-electron chi connectivity index (χ1n) is 9.99. The molecule has 0 spiro atoms. The number of morpholine rings is 1. The van der Waals surface area contributed by atoms with Crippen LogP contribution in [0, 0.1) is 6.92 Å². The molecule has 1 aromatic heterocycles. The van der Waals surface area contributed by atoms with Crippen molar-refractivity contribution in [1.29, 1.82) is 0 Å². The van der Waals surface area contributed by atoms with Crippen LogP contribution in [0.4, 0.5) is 0 Å². The number of aryl methyl sites for hydroxylation is 1. The summed E-state index contributed by atoms with van der Waals surface area (Å²) in [5, 5.41) is 7.56. The van der Waals surface area contributed by atoms with Crippen molar-refractivity contribution in [3.63, 3.8) is 0 Å². The van der Waals surface area contributed by atoms with E-state index in [1.54, 1.807) is 13.0 Å². The topological polar surface area (TPSA) is 67.6 Å². The Hall–Kier alpha value is -2.67. The molecule has 30 heavy (non-hydrogen) atoms. The fourth-order valence-electron chi connectivity index (χ4n) is 3.66. The Morgan fingerprint density at radius 1 is 1.20 bits per heavy atom. The van der Waals surface area contributed by atoms with Crippen molar-refractivity contribution in [1.82, 2.24) is 15.4 Å². The third kappa shape index (κ3) is 4.73. The summed E-state index contributed by atoms with van der Waals surface area (Å²) in [6.45, 7) is 5.29. The van der Waals surface area contributed by atoms with E-state index in [0.717, 1.165) is 19.6 Å². The first kappa shape index (κ1) is 20.6. The second kappa shape index (κ2) is 9.43. The van der Waals surface area contributed by atoms with Gasteiger partial charge in [-0.1, -0.05) is 65.3 Å². The number of hydrogen-bond donors (Lipinski definition) is 1. The summed E-state index contributed by atoms with van der Waals surface area (Å²) < 4.78 is 11.2. The standard InChI is InChI=1S/C23H24ClN3O3/c1-16-21(22(26-30-16)19-9-5-6-10-20(19)24)23(28)25-13-18-15-27(11-12-29-18)14-17-7-3-2-4-8-17/h2-10,18H,11-15H2,1H3,(H,25,28)/t18-/m1/s1. The molecule has 1 aliphatic rings. The molecule has 0 radical (unpaired) electrons. The van der Waals surface area contributed by atoms with Crippen molar-refractivity contribution in [2.45, 2.75) is 19.6 Å².